The molecular formula is C29H29F2N7O. The van der Waals surface area contributed by atoms with Gasteiger partial charge in [-0.1, -0.05) is 6.07 Å². The smallest absolute Gasteiger partial charge is 0.324 e. The van der Waals surface area contributed by atoms with E-state index in [-0.39, 0.29) is 5.56 Å². The molecule has 39 heavy (non-hydrogen) atoms. The lowest BCUT2D eigenvalue weighted by molar-refractivity contribution is -0.166. The number of nitrogens with zero attached hydrogens (tertiary/aromatic N) is 6. The van der Waals surface area contributed by atoms with Crippen molar-refractivity contribution in [2.24, 2.45) is 0 Å². The summed E-state index contributed by atoms with van der Waals surface area (Å²) in [5.74, 6) is 0.393. The van der Waals surface area contributed by atoms with Crippen molar-refractivity contribution in [3.8, 4) is 11.3 Å². The van der Waals surface area contributed by atoms with Crippen LogP contribution in [0.25, 0.3) is 11.3 Å². The predicted molar refractivity (Wildman–Crippen MR) is 147 cm³/mol. The van der Waals surface area contributed by atoms with Crippen LogP contribution in [0.15, 0.2) is 79.3 Å². The average Bonchev–Trinajstić information content (AvgIpc) is 2.96. The van der Waals surface area contributed by atoms with Gasteiger partial charge in [-0.15, -0.1) is 0 Å². The summed E-state index contributed by atoms with van der Waals surface area (Å²) in [6.07, 6.45) is 5.76. The van der Waals surface area contributed by atoms with Gasteiger partial charge in [0, 0.05) is 67.3 Å². The van der Waals surface area contributed by atoms with Crippen LogP contribution >= 0.6 is 0 Å². The van der Waals surface area contributed by atoms with Crippen LogP contribution in [0.2, 0.25) is 0 Å². The maximum atomic E-state index is 15.1. The van der Waals surface area contributed by atoms with Crippen LogP contribution in [-0.4, -0.2) is 64.4 Å². The van der Waals surface area contributed by atoms with Crippen LogP contribution < -0.4 is 10.2 Å². The fraction of sp³-hybridized carbons (Fsp3) is 0.241. The van der Waals surface area contributed by atoms with Gasteiger partial charge in [-0.3, -0.25) is 14.7 Å². The van der Waals surface area contributed by atoms with E-state index < -0.39 is 6.05 Å². The number of benzene rings is 2. The number of rotatable bonds is 8. The molecule has 1 N–H and O–H groups in total. The molecule has 0 atom stereocenters. The SMILES string of the molecule is Cc1ccc(N(C=O)c2ccc(C(F)(F)N3CCN(C)CC3)cc2)cc1Nc1nccc(-c2cccnc2)n1. The van der Waals surface area contributed by atoms with Crippen LogP contribution in [0.3, 0.4) is 0 Å². The Bertz CT molecular complexity index is 1430. The molecule has 10 heteroatoms. The number of carbonyl (C=O) groups excluding carboxylic acids is 1. The first-order chi connectivity index (χ1) is 18.8. The predicted octanol–water partition coefficient (Wildman–Crippen LogP) is 5.18. The summed E-state index contributed by atoms with van der Waals surface area (Å²) < 4.78 is 30.3. The number of hydrogen-bond acceptors (Lipinski definition) is 7. The number of hydrogen-bond donors (Lipinski definition) is 1. The first-order valence-electron chi connectivity index (χ1n) is 12.6. The third-order valence-electron chi connectivity index (χ3n) is 6.86. The summed E-state index contributed by atoms with van der Waals surface area (Å²) in [5.41, 5.74) is 4.16. The van der Waals surface area contributed by atoms with Gasteiger partial charge in [0.15, 0.2) is 0 Å². The molecule has 1 aliphatic rings. The summed E-state index contributed by atoms with van der Waals surface area (Å²) in [4.78, 5) is 29.8. The van der Waals surface area contributed by atoms with Crippen molar-refractivity contribution in [2.75, 3.05) is 43.4 Å². The molecule has 0 unspecified atom stereocenters. The lowest BCUT2D eigenvalue weighted by Gasteiger charge is -2.37. The van der Waals surface area contributed by atoms with Gasteiger partial charge < -0.3 is 10.2 Å². The van der Waals surface area contributed by atoms with Gasteiger partial charge in [-0.25, -0.2) is 14.9 Å². The number of carbonyl (C=O) groups is 1. The zero-order valence-corrected chi connectivity index (χ0v) is 21.8. The van der Waals surface area contributed by atoms with Crippen LogP contribution in [0, 0.1) is 6.92 Å². The molecule has 2 aromatic carbocycles. The first kappa shape index (κ1) is 26.3. The van der Waals surface area contributed by atoms with Gasteiger partial charge in [-0.2, -0.15) is 8.78 Å². The second-order valence-electron chi connectivity index (χ2n) is 9.49. The molecule has 5 rings (SSSR count). The molecule has 1 amide bonds. The second kappa shape index (κ2) is 11.2. The van der Waals surface area contributed by atoms with Crippen molar-refractivity contribution in [1.82, 2.24) is 24.8 Å². The van der Waals surface area contributed by atoms with Gasteiger partial charge in [0.1, 0.15) is 0 Å². The number of nitrogens with one attached hydrogen (secondary N) is 1. The van der Waals surface area contributed by atoms with E-state index in [1.54, 1.807) is 48.9 Å². The van der Waals surface area contributed by atoms with E-state index in [2.05, 4.69) is 20.3 Å². The molecule has 1 saturated heterocycles. The zero-order valence-electron chi connectivity index (χ0n) is 21.8. The molecule has 0 spiro atoms. The molecule has 200 valence electrons. The maximum Gasteiger partial charge on any atom is 0.331 e. The van der Waals surface area contributed by atoms with E-state index >= 15 is 8.78 Å². The van der Waals surface area contributed by atoms with Crippen molar-refractivity contribution in [3.63, 3.8) is 0 Å². The monoisotopic (exact) mass is 529 g/mol. The van der Waals surface area contributed by atoms with Crippen molar-refractivity contribution in [1.29, 1.82) is 0 Å². The Morgan fingerprint density at radius 2 is 1.72 bits per heavy atom. The highest BCUT2D eigenvalue weighted by Gasteiger charge is 2.40. The zero-order chi connectivity index (χ0) is 27.4. The molecule has 0 saturated carbocycles. The Kier molecular flexibility index (Phi) is 7.58. The van der Waals surface area contributed by atoms with Gasteiger partial charge in [0.05, 0.1) is 11.4 Å². The number of aryl methyl sites for hydroxylation is 1. The van der Waals surface area contributed by atoms with Crippen LogP contribution in [-0.2, 0) is 10.8 Å². The fourth-order valence-electron chi connectivity index (χ4n) is 4.47. The van der Waals surface area contributed by atoms with E-state index in [4.69, 9.17) is 0 Å². The molecule has 2 aromatic heterocycles. The lowest BCUT2D eigenvalue weighted by Crippen LogP contribution is -2.51. The minimum Gasteiger partial charge on any atom is -0.324 e. The largest absolute Gasteiger partial charge is 0.331 e. The molecule has 0 radical (unpaired) electrons. The van der Waals surface area contributed by atoms with Crippen molar-refractivity contribution in [3.05, 3.63) is 90.4 Å². The van der Waals surface area contributed by atoms with Gasteiger partial charge >= 0.3 is 6.05 Å². The number of alkyl halides is 2. The van der Waals surface area contributed by atoms with Gasteiger partial charge in [0.25, 0.3) is 0 Å². The molecule has 3 heterocycles. The third-order valence-corrected chi connectivity index (χ3v) is 6.86. The number of anilines is 4. The Hall–Kier alpha value is -4.28. The maximum absolute atomic E-state index is 15.1. The summed E-state index contributed by atoms with van der Waals surface area (Å²) in [5, 5.41) is 3.23. The Labute approximate surface area is 225 Å². The third kappa shape index (κ3) is 5.76. The summed E-state index contributed by atoms with van der Waals surface area (Å²) in [6.45, 7) is 3.70. The van der Waals surface area contributed by atoms with E-state index in [9.17, 15) is 4.79 Å². The average molecular weight is 530 g/mol. The first-order valence-corrected chi connectivity index (χ1v) is 12.6. The highest BCUT2D eigenvalue weighted by Crippen LogP contribution is 2.35. The minimum atomic E-state index is -3.09. The molecule has 0 aliphatic carbocycles. The Balaban J connectivity index is 1.36. The van der Waals surface area contributed by atoms with Crippen molar-refractivity contribution >= 4 is 29.4 Å². The Morgan fingerprint density at radius 1 is 0.974 bits per heavy atom. The lowest BCUT2D eigenvalue weighted by atomic mass is 10.1. The summed E-state index contributed by atoms with van der Waals surface area (Å²) >= 11 is 0. The van der Waals surface area contributed by atoms with E-state index in [1.165, 1.54) is 21.9 Å². The number of pyridine rings is 1. The topological polar surface area (TPSA) is 77.5 Å². The quantitative estimate of drug-likeness (QED) is 0.249. The highest BCUT2D eigenvalue weighted by molar-refractivity contribution is 5.88. The molecular weight excluding hydrogens is 500 g/mol. The van der Waals surface area contributed by atoms with Gasteiger partial charge in [-0.05, 0) is 74.1 Å². The summed E-state index contributed by atoms with van der Waals surface area (Å²) in [7, 11) is 1.93. The minimum absolute atomic E-state index is 0.0986. The second-order valence-corrected chi connectivity index (χ2v) is 9.49. The van der Waals surface area contributed by atoms with Crippen LogP contribution in [0.4, 0.5) is 31.8 Å². The number of piperazine rings is 1. The van der Waals surface area contributed by atoms with Crippen LogP contribution in [0.5, 0.6) is 0 Å². The number of aromatic nitrogens is 3. The number of likely N-dealkylation sites (N-methyl/N-ethyl adjacent to an activating group) is 1. The molecule has 8 nitrogen and oxygen atoms in total. The fourth-order valence-corrected chi connectivity index (χ4v) is 4.47. The molecule has 1 aliphatic heterocycles. The molecule has 1 fully saturated rings. The normalized spacial score (nSPS) is 14.7. The van der Waals surface area contributed by atoms with Gasteiger partial charge in [0.2, 0.25) is 12.4 Å². The number of amides is 1. The molecule has 0 bridgehead atoms. The molecule has 4 aromatic rings. The standard InChI is InChI=1S/C29H29F2N7O/c1-21-5-8-25(18-27(21)35-28-33-13-11-26(34-28)22-4-3-12-32-19-22)38(20-39)24-9-6-23(7-10-24)29(30,31)37-16-14-36(2)15-17-37/h3-13,18-20H,14-17H2,1-2H3,(H,33,34,35). The van der Waals surface area contributed by atoms with Crippen molar-refractivity contribution in [2.45, 2.75) is 13.0 Å². The van der Waals surface area contributed by atoms with Crippen LogP contribution in [0.1, 0.15) is 11.1 Å². The van der Waals surface area contributed by atoms with E-state index in [0.717, 1.165) is 16.8 Å². The number of halogens is 2. The Morgan fingerprint density at radius 3 is 2.41 bits per heavy atom. The highest BCUT2D eigenvalue weighted by atomic mass is 19.3. The van der Waals surface area contributed by atoms with Crippen molar-refractivity contribution < 1.29 is 13.6 Å². The van der Waals surface area contributed by atoms with E-state index in [0.29, 0.717) is 55.6 Å². The van der Waals surface area contributed by atoms with E-state index in [1.807, 2.05) is 37.1 Å². The summed E-state index contributed by atoms with van der Waals surface area (Å²) in [6, 6.07) is 13.8.